The van der Waals surface area contributed by atoms with Crippen molar-refractivity contribution in [1.82, 2.24) is 19.9 Å². The highest BCUT2D eigenvalue weighted by Gasteiger charge is 2.22. The number of pyridine rings is 1. The van der Waals surface area contributed by atoms with Crippen LogP contribution in [0.5, 0.6) is 0 Å². The van der Waals surface area contributed by atoms with E-state index in [4.69, 9.17) is 9.97 Å². The van der Waals surface area contributed by atoms with E-state index in [0.29, 0.717) is 12.4 Å². The van der Waals surface area contributed by atoms with E-state index in [-0.39, 0.29) is 5.91 Å². The smallest absolute Gasteiger partial charge is 0.238 e. The number of carbonyl (C=O) groups excluding carboxylic acids is 1. The summed E-state index contributed by atoms with van der Waals surface area (Å²) in [5.74, 6) is 1.65. The maximum Gasteiger partial charge on any atom is 0.238 e. The lowest BCUT2D eigenvalue weighted by atomic mass is 10.2. The first-order valence-corrected chi connectivity index (χ1v) is 10.8. The van der Waals surface area contributed by atoms with E-state index < -0.39 is 0 Å². The molecule has 160 valence electrons. The number of aromatic nitrogens is 3. The monoisotopic (exact) mass is 424 g/mol. The van der Waals surface area contributed by atoms with Crippen LogP contribution >= 0.6 is 0 Å². The molecule has 2 aromatic heterocycles. The highest BCUT2D eigenvalue weighted by Crippen LogP contribution is 2.28. The minimum Gasteiger partial charge on any atom is -0.353 e. The maximum absolute atomic E-state index is 12.4. The molecule has 0 aliphatic carbocycles. The molecule has 3 heterocycles. The summed E-state index contributed by atoms with van der Waals surface area (Å²) in [5, 5.41) is 4.00. The van der Waals surface area contributed by atoms with Crippen LogP contribution in [0, 0.1) is 0 Å². The zero-order valence-electron chi connectivity index (χ0n) is 17.7. The maximum atomic E-state index is 12.4. The summed E-state index contributed by atoms with van der Waals surface area (Å²) in [6.07, 6.45) is 3.51. The molecule has 7 heteroatoms. The Kier molecular flexibility index (Phi) is 5.72. The quantitative estimate of drug-likeness (QED) is 0.529. The molecule has 1 aliphatic rings. The lowest BCUT2D eigenvalue weighted by molar-refractivity contribution is -0.117. The Morgan fingerprint density at radius 1 is 0.844 bits per heavy atom. The van der Waals surface area contributed by atoms with Crippen LogP contribution in [0.3, 0.4) is 0 Å². The third-order valence-electron chi connectivity index (χ3n) is 5.62. The molecule has 5 rings (SSSR count). The van der Waals surface area contributed by atoms with Gasteiger partial charge in [0, 0.05) is 55.2 Å². The van der Waals surface area contributed by atoms with Crippen LogP contribution in [0.4, 0.5) is 11.5 Å². The van der Waals surface area contributed by atoms with Gasteiger partial charge in [0.15, 0.2) is 5.82 Å². The number of hydrogen-bond acceptors (Lipinski definition) is 6. The van der Waals surface area contributed by atoms with Crippen molar-refractivity contribution in [3.8, 4) is 11.4 Å². The number of carbonyl (C=O) groups is 1. The number of amides is 1. The second kappa shape index (κ2) is 9.11. The van der Waals surface area contributed by atoms with Crippen LogP contribution in [-0.2, 0) is 4.79 Å². The molecule has 1 N–H and O–H groups in total. The van der Waals surface area contributed by atoms with Gasteiger partial charge in [0.1, 0.15) is 5.82 Å². The molecule has 2 aromatic carbocycles. The predicted molar refractivity (Wildman–Crippen MR) is 126 cm³/mol. The first kappa shape index (κ1) is 20.1. The number of nitrogens with one attached hydrogen (secondary N) is 1. The van der Waals surface area contributed by atoms with E-state index in [2.05, 4.69) is 26.2 Å². The standard InChI is InChI=1S/C25H24N6O/c32-23(27-20-6-2-1-3-7-20)18-30-14-16-31(17-15-30)25-21-8-4-5-9-22(21)28-24(29-25)19-10-12-26-13-11-19/h1-13H,14-18H2,(H,27,32). The molecule has 1 amide bonds. The van der Waals surface area contributed by atoms with Crippen molar-refractivity contribution < 1.29 is 4.79 Å². The minimum atomic E-state index is 0.0112. The molecular formula is C25H24N6O. The molecule has 1 aliphatic heterocycles. The van der Waals surface area contributed by atoms with Crippen molar-refractivity contribution >= 4 is 28.3 Å². The third-order valence-corrected chi connectivity index (χ3v) is 5.62. The summed E-state index contributed by atoms with van der Waals surface area (Å²) in [6, 6.07) is 21.5. The highest BCUT2D eigenvalue weighted by molar-refractivity contribution is 5.92. The molecule has 7 nitrogen and oxygen atoms in total. The van der Waals surface area contributed by atoms with E-state index in [1.165, 1.54) is 0 Å². The summed E-state index contributed by atoms with van der Waals surface area (Å²) in [5.41, 5.74) is 2.70. The van der Waals surface area contributed by atoms with Gasteiger partial charge in [-0.15, -0.1) is 0 Å². The van der Waals surface area contributed by atoms with Crippen LogP contribution in [0.2, 0.25) is 0 Å². The van der Waals surface area contributed by atoms with Gasteiger partial charge in [-0.25, -0.2) is 9.97 Å². The average molecular weight is 425 g/mol. The van der Waals surface area contributed by atoms with Gasteiger partial charge >= 0.3 is 0 Å². The molecule has 0 radical (unpaired) electrons. The molecule has 0 bridgehead atoms. The molecule has 0 unspecified atom stereocenters. The summed E-state index contributed by atoms with van der Waals surface area (Å²) >= 11 is 0. The predicted octanol–water partition coefficient (Wildman–Crippen LogP) is 3.45. The number of anilines is 2. The zero-order chi connectivity index (χ0) is 21.8. The fourth-order valence-corrected chi connectivity index (χ4v) is 3.97. The van der Waals surface area contributed by atoms with Gasteiger partial charge in [-0.2, -0.15) is 0 Å². The minimum absolute atomic E-state index is 0.0112. The first-order chi connectivity index (χ1) is 15.8. The van der Waals surface area contributed by atoms with Gasteiger partial charge in [-0.1, -0.05) is 30.3 Å². The summed E-state index contributed by atoms with van der Waals surface area (Å²) in [6.45, 7) is 3.58. The Morgan fingerprint density at radius 2 is 1.56 bits per heavy atom. The molecule has 0 atom stereocenters. The van der Waals surface area contributed by atoms with Crippen LogP contribution in [0.15, 0.2) is 79.1 Å². The number of fused-ring (bicyclic) bond motifs is 1. The van der Waals surface area contributed by atoms with Crippen LogP contribution in [-0.4, -0.2) is 58.5 Å². The molecule has 1 fully saturated rings. The van der Waals surface area contributed by atoms with Crippen LogP contribution < -0.4 is 10.2 Å². The van der Waals surface area contributed by atoms with Gasteiger partial charge in [0.25, 0.3) is 0 Å². The Labute approximate surface area is 186 Å². The van der Waals surface area contributed by atoms with Crippen molar-refractivity contribution in [2.75, 3.05) is 42.9 Å². The van der Waals surface area contributed by atoms with Gasteiger partial charge in [-0.3, -0.25) is 14.7 Å². The van der Waals surface area contributed by atoms with Crippen LogP contribution in [0.25, 0.3) is 22.3 Å². The topological polar surface area (TPSA) is 74.2 Å². The van der Waals surface area contributed by atoms with Crippen molar-refractivity contribution in [3.63, 3.8) is 0 Å². The largest absolute Gasteiger partial charge is 0.353 e. The highest BCUT2D eigenvalue weighted by atomic mass is 16.2. The second-order valence-electron chi connectivity index (χ2n) is 7.80. The number of rotatable bonds is 5. The van der Waals surface area contributed by atoms with Gasteiger partial charge in [0.2, 0.25) is 5.91 Å². The van der Waals surface area contributed by atoms with Crippen molar-refractivity contribution in [2.24, 2.45) is 0 Å². The number of benzene rings is 2. The first-order valence-electron chi connectivity index (χ1n) is 10.8. The van der Waals surface area contributed by atoms with E-state index >= 15 is 0 Å². The summed E-state index contributed by atoms with van der Waals surface area (Å²) in [7, 11) is 0. The molecule has 4 aromatic rings. The number of hydrogen-bond donors (Lipinski definition) is 1. The molecule has 0 saturated carbocycles. The SMILES string of the molecule is O=C(CN1CCN(c2nc(-c3ccncc3)nc3ccccc23)CC1)Nc1ccccc1. The summed E-state index contributed by atoms with van der Waals surface area (Å²) in [4.78, 5) is 30.7. The second-order valence-corrected chi connectivity index (χ2v) is 7.80. The molecule has 0 spiro atoms. The molecular weight excluding hydrogens is 400 g/mol. The Hall–Kier alpha value is -3.84. The Morgan fingerprint density at radius 3 is 2.34 bits per heavy atom. The fraction of sp³-hybridized carbons (Fsp3) is 0.200. The van der Waals surface area contributed by atoms with Gasteiger partial charge in [0.05, 0.1) is 12.1 Å². The number of piperazine rings is 1. The van der Waals surface area contributed by atoms with Crippen LogP contribution in [0.1, 0.15) is 0 Å². The Balaban J connectivity index is 1.31. The van der Waals surface area contributed by atoms with E-state index in [9.17, 15) is 4.79 Å². The van der Waals surface area contributed by atoms with Gasteiger partial charge < -0.3 is 10.2 Å². The molecule has 32 heavy (non-hydrogen) atoms. The number of para-hydroxylation sites is 2. The lowest BCUT2D eigenvalue weighted by Crippen LogP contribution is -2.49. The van der Waals surface area contributed by atoms with E-state index in [1.54, 1.807) is 12.4 Å². The fourth-order valence-electron chi connectivity index (χ4n) is 3.97. The third kappa shape index (κ3) is 4.43. The van der Waals surface area contributed by atoms with Crippen molar-refractivity contribution in [3.05, 3.63) is 79.1 Å². The average Bonchev–Trinajstić information content (AvgIpc) is 2.85. The zero-order valence-corrected chi connectivity index (χ0v) is 17.7. The lowest BCUT2D eigenvalue weighted by Gasteiger charge is -2.35. The van der Waals surface area contributed by atoms with E-state index in [0.717, 1.165) is 54.2 Å². The summed E-state index contributed by atoms with van der Waals surface area (Å²) < 4.78 is 0. The molecule has 1 saturated heterocycles. The Bertz CT molecular complexity index is 1210. The van der Waals surface area contributed by atoms with Gasteiger partial charge in [-0.05, 0) is 36.4 Å². The number of nitrogens with zero attached hydrogens (tertiary/aromatic N) is 5. The van der Waals surface area contributed by atoms with E-state index in [1.807, 2.05) is 60.7 Å². The van der Waals surface area contributed by atoms with Crippen molar-refractivity contribution in [2.45, 2.75) is 0 Å². The normalized spacial score (nSPS) is 14.4. The van der Waals surface area contributed by atoms with Crippen molar-refractivity contribution in [1.29, 1.82) is 0 Å².